The number of para-hydroxylation sites is 1. The zero-order chi connectivity index (χ0) is 18.1. The van der Waals surface area contributed by atoms with Crippen molar-refractivity contribution >= 4 is 22.6 Å². The quantitative estimate of drug-likeness (QED) is 0.510. The van der Waals surface area contributed by atoms with Crippen molar-refractivity contribution in [2.45, 2.75) is 19.4 Å². The van der Waals surface area contributed by atoms with Gasteiger partial charge in [0.2, 0.25) is 5.28 Å². The molecule has 1 N–H and O–H groups in total. The van der Waals surface area contributed by atoms with Crippen molar-refractivity contribution in [2.75, 3.05) is 0 Å². The predicted octanol–water partition coefficient (Wildman–Crippen LogP) is 5.13. The normalized spacial score (nSPS) is 12.4. The van der Waals surface area contributed by atoms with Gasteiger partial charge in [0.15, 0.2) is 0 Å². The largest absolute Gasteiger partial charge is 0.456 e. The topological polar surface area (TPSA) is 59.2 Å². The summed E-state index contributed by atoms with van der Waals surface area (Å²) in [7, 11) is 0. The molecule has 4 nitrogen and oxygen atoms in total. The van der Waals surface area contributed by atoms with Crippen LogP contribution >= 0.6 is 11.6 Å². The Balaban J connectivity index is 1.85. The summed E-state index contributed by atoms with van der Waals surface area (Å²) in [6.07, 6.45) is 1.85. The lowest BCUT2D eigenvalue weighted by Crippen LogP contribution is -2.04. The summed E-state index contributed by atoms with van der Waals surface area (Å²) in [5.41, 5.74) is 4.23. The molecule has 5 heteroatoms. The molecule has 2 heterocycles. The molecular formula is C21H17ClN2O2. The molecule has 0 aliphatic heterocycles. The Morgan fingerprint density at radius 2 is 1.96 bits per heavy atom. The van der Waals surface area contributed by atoms with Gasteiger partial charge in [0.05, 0.1) is 17.4 Å². The fourth-order valence-electron chi connectivity index (χ4n) is 3.06. The third kappa shape index (κ3) is 3.34. The average Bonchev–Trinajstić information content (AvgIpc) is 3.05. The molecule has 0 spiro atoms. The van der Waals surface area contributed by atoms with Gasteiger partial charge in [-0.15, -0.1) is 0 Å². The molecule has 0 aliphatic rings. The second-order valence-corrected chi connectivity index (χ2v) is 6.64. The van der Waals surface area contributed by atoms with Crippen molar-refractivity contribution < 1.29 is 9.52 Å². The molecule has 0 fully saturated rings. The smallest absolute Gasteiger partial charge is 0.222 e. The number of rotatable bonds is 4. The van der Waals surface area contributed by atoms with Crippen LogP contribution < -0.4 is 0 Å². The van der Waals surface area contributed by atoms with Crippen molar-refractivity contribution in [1.82, 2.24) is 9.97 Å². The van der Waals surface area contributed by atoms with E-state index in [1.807, 2.05) is 54.6 Å². The second-order valence-electron chi connectivity index (χ2n) is 6.30. The minimum absolute atomic E-state index is 0.181. The minimum Gasteiger partial charge on any atom is -0.456 e. The van der Waals surface area contributed by atoms with Gasteiger partial charge in [-0.2, -0.15) is 0 Å². The van der Waals surface area contributed by atoms with E-state index in [4.69, 9.17) is 16.0 Å². The minimum atomic E-state index is -0.408. The van der Waals surface area contributed by atoms with Crippen molar-refractivity contribution in [3.8, 4) is 22.6 Å². The summed E-state index contributed by atoms with van der Waals surface area (Å²) in [4.78, 5) is 8.58. The number of furan rings is 1. The van der Waals surface area contributed by atoms with E-state index in [0.29, 0.717) is 17.9 Å². The highest BCUT2D eigenvalue weighted by Crippen LogP contribution is 2.34. The van der Waals surface area contributed by atoms with Crippen LogP contribution in [0.25, 0.3) is 33.6 Å². The number of halogens is 1. The SMILES string of the molecule is CC(O)Cc1cccc(-c2nc(Cl)ncc2-c2cc3ccccc3o2)c1. The first kappa shape index (κ1) is 16.8. The Bertz CT molecular complexity index is 1040. The molecule has 0 amide bonds. The van der Waals surface area contributed by atoms with Gasteiger partial charge < -0.3 is 9.52 Å². The average molecular weight is 365 g/mol. The van der Waals surface area contributed by atoms with E-state index in [2.05, 4.69) is 9.97 Å². The number of hydrogen-bond acceptors (Lipinski definition) is 4. The zero-order valence-electron chi connectivity index (χ0n) is 14.2. The molecule has 0 aliphatic carbocycles. The zero-order valence-corrected chi connectivity index (χ0v) is 14.9. The maximum atomic E-state index is 9.66. The molecule has 1 atom stereocenters. The van der Waals surface area contributed by atoms with Gasteiger partial charge in [-0.3, -0.25) is 0 Å². The van der Waals surface area contributed by atoms with Crippen molar-refractivity contribution in [1.29, 1.82) is 0 Å². The number of aliphatic hydroxyl groups is 1. The molecule has 2 aromatic heterocycles. The molecule has 130 valence electrons. The van der Waals surface area contributed by atoms with E-state index in [1.165, 1.54) is 0 Å². The highest BCUT2D eigenvalue weighted by Gasteiger charge is 2.15. The Hall–Kier alpha value is -2.69. The third-order valence-electron chi connectivity index (χ3n) is 4.18. The van der Waals surface area contributed by atoms with E-state index in [9.17, 15) is 5.11 Å². The molecule has 4 rings (SSSR count). The summed E-state index contributed by atoms with van der Waals surface area (Å²) in [6.45, 7) is 1.77. The molecular weight excluding hydrogens is 348 g/mol. The maximum Gasteiger partial charge on any atom is 0.222 e. The van der Waals surface area contributed by atoms with Gasteiger partial charge in [-0.25, -0.2) is 9.97 Å². The first-order chi connectivity index (χ1) is 12.6. The lowest BCUT2D eigenvalue weighted by atomic mass is 10.0. The van der Waals surface area contributed by atoms with Crippen molar-refractivity contribution in [3.05, 3.63) is 71.6 Å². The molecule has 2 aromatic carbocycles. The van der Waals surface area contributed by atoms with Crippen LogP contribution in [-0.2, 0) is 6.42 Å². The van der Waals surface area contributed by atoms with Crippen molar-refractivity contribution in [3.63, 3.8) is 0 Å². The highest BCUT2D eigenvalue weighted by molar-refractivity contribution is 6.28. The third-order valence-corrected chi connectivity index (χ3v) is 4.36. The summed E-state index contributed by atoms with van der Waals surface area (Å²) >= 11 is 6.06. The molecule has 0 saturated heterocycles. The molecule has 0 radical (unpaired) electrons. The van der Waals surface area contributed by atoms with E-state index in [1.54, 1.807) is 13.1 Å². The van der Waals surface area contributed by atoms with Crippen LogP contribution in [0.4, 0.5) is 0 Å². The van der Waals surface area contributed by atoms with E-state index in [0.717, 1.165) is 27.7 Å². The lowest BCUT2D eigenvalue weighted by molar-refractivity contribution is 0.195. The fourth-order valence-corrected chi connectivity index (χ4v) is 3.20. The Morgan fingerprint density at radius 3 is 2.77 bits per heavy atom. The summed E-state index contributed by atoms with van der Waals surface area (Å²) < 4.78 is 5.99. The van der Waals surface area contributed by atoms with Gasteiger partial charge >= 0.3 is 0 Å². The standard InChI is InChI=1S/C21H17ClN2O2/c1-13(25)9-14-5-4-7-16(10-14)20-17(12-23-21(22)24-20)19-11-15-6-2-3-8-18(15)26-19/h2-8,10-13,25H,9H2,1H3. The fraction of sp³-hybridized carbons (Fsp3) is 0.143. The van der Waals surface area contributed by atoms with Crippen molar-refractivity contribution in [2.24, 2.45) is 0 Å². The van der Waals surface area contributed by atoms with Gasteiger partial charge in [-0.05, 0) is 48.7 Å². The first-order valence-electron chi connectivity index (χ1n) is 8.39. The number of aliphatic hydroxyl groups excluding tert-OH is 1. The van der Waals surface area contributed by atoms with Crippen LogP contribution in [0.5, 0.6) is 0 Å². The van der Waals surface area contributed by atoms with Crippen LogP contribution in [-0.4, -0.2) is 21.2 Å². The van der Waals surface area contributed by atoms with E-state index >= 15 is 0 Å². The van der Waals surface area contributed by atoms with Crippen LogP contribution in [0, 0.1) is 0 Å². The molecule has 0 saturated carbocycles. The van der Waals surface area contributed by atoms with Crippen LogP contribution in [0.3, 0.4) is 0 Å². The summed E-state index contributed by atoms with van der Waals surface area (Å²) in [5, 5.41) is 10.9. The summed E-state index contributed by atoms with van der Waals surface area (Å²) in [5.74, 6) is 0.693. The van der Waals surface area contributed by atoms with E-state index in [-0.39, 0.29) is 5.28 Å². The van der Waals surface area contributed by atoms with Gasteiger partial charge in [0.25, 0.3) is 0 Å². The number of hydrogen-bond donors (Lipinski definition) is 1. The Kier molecular flexibility index (Phi) is 4.45. The van der Waals surface area contributed by atoms with Gasteiger partial charge in [0, 0.05) is 17.1 Å². The van der Waals surface area contributed by atoms with Crippen LogP contribution in [0.1, 0.15) is 12.5 Å². The number of benzene rings is 2. The lowest BCUT2D eigenvalue weighted by Gasteiger charge is -2.10. The second kappa shape index (κ2) is 6.90. The first-order valence-corrected chi connectivity index (χ1v) is 8.77. The van der Waals surface area contributed by atoms with Gasteiger partial charge in [-0.1, -0.05) is 36.4 Å². The highest BCUT2D eigenvalue weighted by atomic mass is 35.5. The van der Waals surface area contributed by atoms with E-state index < -0.39 is 6.10 Å². The van der Waals surface area contributed by atoms with Gasteiger partial charge in [0.1, 0.15) is 11.3 Å². The summed E-state index contributed by atoms with van der Waals surface area (Å²) in [6, 6.07) is 17.7. The maximum absolute atomic E-state index is 9.66. The number of fused-ring (bicyclic) bond motifs is 1. The number of aromatic nitrogens is 2. The number of nitrogens with zero attached hydrogens (tertiary/aromatic N) is 2. The Labute approximate surface area is 156 Å². The predicted molar refractivity (Wildman–Crippen MR) is 103 cm³/mol. The molecule has 4 aromatic rings. The molecule has 26 heavy (non-hydrogen) atoms. The molecule has 0 bridgehead atoms. The Morgan fingerprint density at radius 1 is 1.12 bits per heavy atom. The molecule has 1 unspecified atom stereocenters. The monoisotopic (exact) mass is 364 g/mol. The van der Waals surface area contributed by atoms with Crippen LogP contribution in [0.2, 0.25) is 5.28 Å². The van der Waals surface area contributed by atoms with Crippen LogP contribution in [0.15, 0.2) is 65.2 Å².